The van der Waals surface area contributed by atoms with Gasteiger partial charge in [-0.3, -0.25) is 0 Å². The average molecular weight is 273 g/mol. The van der Waals surface area contributed by atoms with Gasteiger partial charge in [0.15, 0.2) is 0 Å². The lowest BCUT2D eigenvalue weighted by Gasteiger charge is -2.27. The van der Waals surface area contributed by atoms with Gasteiger partial charge in [-0.1, -0.05) is 31.9 Å². The van der Waals surface area contributed by atoms with Crippen LogP contribution in [0.4, 0.5) is 0 Å². The van der Waals surface area contributed by atoms with E-state index in [4.69, 9.17) is 11.6 Å². The quantitative estimate of drug-likeness (QED) is 0.776. The molecule has 0 spiro atoms. The molecule has 0 saturated heterocycles. The highest BCUT2D eigenvalue weighted by Crippen LogP contribution is 2.40. The van der Waals surface area contributed by atoms with Crippen LogP contribution in [-0.4, -0.2) is 10.7 Å². The van der Waals surface area contributed by atoms with E-state index in [1.807, 2.05) is 12.1 Å². The van der Waals surface area contributed by atoms with Crippen molar-refractivity contribution < 1.29 is 5.11 Å². The fourth-order valence-electron chi connectivity index (χ4n) is 2.66. The Hall–Kier alpha value is -0.0500. The lowest BCUT2D eigenvalue weighted by atomic mass is 9.83. The Kier molecular flexibility index (Phi) is 3.86. The van der Waals surface area contributed by atoms with Gasteiger partial charge in [-0.25, -0.2) is 0 Å². The van der Waals surface area contributed by atoms with Crippen molar-refractivity contribution >= 4 is 22.9 Å². The molecule has 1 aliphatic carbocycles. The normalized spacial score (nSPS) is 28.9. The van der Waals surface area contributed by atoms with Crippen LogP contribution in [0, 0.1) is 5.41 Å². The third-order valence-corrected chi connectivity index (χ3v) is 5.13. The van der Waals surface area contributed by atoms with Crippen LogP contribution in [0.1, 0.15) is 50.8 Å². The molecule has 0 radical (unpaired) electrons. The van der Waals surface area contributed by atoms with E-state index in [1.54, 1.807) is 11.3 Å². The van der Waals surface area contributed by atoms with Crippen LogP contribution >= 0.6 is 22.9 Å². The van der Waals surface area contributed by atoms with Gasteiger partial charge in [0.25, 0.3) is 0 Å². The Bertz CT molecular complexity index is 385. The van der Waals surface area contributed by atoms with Crippen LogP contribution in [0.15, 0.2) is 12.1 Å². The van der Waals surface area contributed by atoms with Crippen molar-refractivity contribution in [1.82, 2.24) is 0 Å². The molecule has 1 saturated carbocycles. The molecule has 96 valence electrons. The smallest absolute Gasteiger partial charge is 0.0931 e. The molecule has 17 heavy (non-hydrogen) atoms. The minimum atomic E-state index is -0.512. The first-order chi connectivity index (χ1) is 7.89. The fraction of sp³-hybridized carbons (Fsp3) is 0.714. The molecule has 1 nitrogen and oxygen atoms in total. The van der Waals surface area contributed by atoms with Crippen LogP contribution in [-0.2, 0) is 6.42 Å². The van der Waals surface area contributed by atoms with E-state index in [2.05, 4.69) is 13.8 Å². The predicted octanol–water partition coefficient (Wildman–Crippen LogP) is 4.67. The fourth-order valence-corrected chi connectivity index (χ4v) is 3.89. The second-order valence-electron chi connectivity index (χ2n) is 6.12. The molecular formula is C14H21ClOS. The Balaban J connectivity index is 2.03. The predicted molar refractivity (Wildman–Crippen MR) is 74.8 cm³/mol. The van der Waals surface area contributed by atoms with Crippen LogP contribution in [0.3, 0.4) is 0 Å². The monoisotopic (exact) mass is 272 g/mol. The summed E-state index contributed by atoms with van der Waals surface area (Å²) in [5.41, 5.74) is -0.125. The Morgan fingerprint density at radius 2 is 2.00 bits per heavy atom. The van der Waals surface area contributed by atoms with Crippen molar-refractivity contribution in [3.63, 3.8) is 0 Å². The number of thiophene rings is 1. The summed E-state index contributed by atoms with van der Waals surface area (Å²) in [4.78, 5) is 1.21. The molecule has 3 heteroatoms. The summed E-state index contributed by atoms with van der Waals surface area (Å²) in [7, 11) is 0. The minimum absolute atomic E-state index is 0.386. The Morgan fingerprint density at radius 3 is 2.65 bits per heavy atom. The average Bonchev–Trinajstić information content (AvgIpc) is 2.55. The number of aliphatic hydroxyl groups is 1. The second-order valence-corrected chi connectivity index (χ2v) is 7.92. The zero-order valence-corrected chi connectivity index (χ0v) is 12.2. The van der Waals surface area contributed by atoms with Crippen molar-refractivity contribution in [2.24, 2.45) is 5.41 Å². The summed E-state index contributed by atoms with van der Waals surface area (Å²) in [6, 6.07) is 3.96. The van der Waals surface area contributed by atoms with E-state index < -0.39 is 5.60 Å². The summed E-state index contributed by atoms with van der Waals surface area (Å²) < 4.78 is 0.817. The van der Waals surface area contributed by atoms with Gasteiger partial charge in [0.1, 0.15) is 0 Å². The summed E-state index contributed by atoms with van der Waals surface area (Å²) >= 11 is 7.53. The van der Waals surface area contributed by atoms with E-state index in [-0.39, 0.29) is 0 Å². The third kappa shape index (κ3) is 3.70. The van der Waals surface area contributed by atoms with Crippen LogP contribution in [0.25, 0.3) is 0 Å². The molecule has 1 aliphatic rings. The first kappa shape index (κ1) is 13.4. The number of rotatable bonds is 2. The van der Waals surface area contributed by atoms with Gasteiger partial charge >= 0.3 is 0 Å². The molecule has 0 aromatic carbocycles. The molecule has 1 unspecified atom stereocenters. The standard InChI is InChI=1S/C14H21ClOS/c1-13(2)6-3-7-14(16,9-8-13)10-11-4-5-12(15)17-11/h4-5,16H,3,6-10H2,1-2H3. The van der Waals surface area contributed by atoms with Gasteiger partial charge in [0, 0.05) is 11.3 Å². The lowest BCUT2D eigenvalue weighted by Crippen LogP contribution is -2.30. The molecule has 0 amide bonds. The lowest BCUT2D eigenvalue weighted by molar-refractivity contribution is 0.0233. The number of halogens is 1. The maximum Gasteiger partial charge on any atom is 0.0931 e. The second kappa shape index (κ2) is 4.91. The SMILES string of the molecule is CC1(C)CCCC(O)(Cc2ccc(Cl)s2)CC1. The van der Waals surface area contributed by atoms with Crippen molar-refractivity contribution in [2.45, 2.75) is 58.0 Å². The Morgan fingerprint density at radius 1 is 1.24 bits per heavy atom. The maximum atomic E-state index is 10.7. The first-order valence-corrected chi connectivity index (χ1v) is 7.55. The highest BCUT2D eigenvalue weighted by atomic mass is 35.5. The van der Waals surface area contributed by atoms with Crippen molar-refractivity contribution in [1.29, 1.82) is 0 Å². The van der Waals surface area contributed by atoms with Gasteiger partial charge in [-0.2, -0.15) is 0 Å². The Labute approximate surface area is 113 Å². The van der Waals surface area contributed by atoms with E-state index in [0.29, 0.717) is 5.41 Å². The molecule has 1 aromatic rings. The molecular weight excluding hydrogens is 252 g/mol. The molecule has 1 N–H and O–H groups in total. The molecule has 0 aliphatic heterocycles. The summed E-state index contributed by atoms with van der Waals surface area (Å²) in [5.74, 6) is 0. The van der Waals surface area contributed by atoms with Crippen molar-refractivity contribution in [3.05, 3.63) is 21.3 Å². The first-order valence-electron chi connectivity index (χ1n) is 6.35. The maximum absolute atomic E-state index is 10.7. The topological polar surface area (TPSA) is 20.2 Å². The molecule has 1 heterocycles. The number of hydrogen-bond donors (Lipinski definition) is 1. The van der Waals surface area contributed by atoms with Gasteiger partial charge in [-0.05, 0) is 43.2 Å². The molecule has 2 rings (SSSR count). The largest absolute Gasteiger partial charge is 0.390 e. The van der Waals surface area contributed by atoms with Gasteiger partial charge < -0.3 is 5.11 Å². The van der Waals surface area contributed by atoms with Crippen LogP contribution < -0.4 is 0 Å². The molecule has 0 bridgehead atoms. The number of hydrogen-bond acceptors (Lipinski definition) is 2. The minimum Gasteiger partial charge on any atom is -0.390 e. The summed E-state index contributed by atoms with van der Waals surface area (Å²) in [6.07, 6.45) is 6.06. The molecule has 1 atom stereocenters. The zero-order valence-electron chi connectivity index (χ0n) is 10.6. The van der Waals surface area contributed by atoms with Gasteiger partial charge in [0.05, 0.1) is 9.94 Å². The molecule has 1 fully saturated rings. The molecule has 1 aromatic heterocycles. The highest BCUT2D eigenvalue weighted by molar-refractivity contribution is 7.16. The van der Waals surface area contributed by atoms with Crippen LogP contribution in [0.2, 0.25) is 4.34 Å². The van der Waals surface area contributed by atoms with E-state index in [1.165, 1.54) is 11.3 Å². The third-order valence-electron chi connectivity index (χ3n) is 3.89. The van der Waals surface area contributed by atoms with Crippen molar-refractivity contribution in [2.75, 3.05) is 0 Å². The van der Waals surface area contributed by atoms with Crippen molar-refractivity contribution in [3.8, 4) is 0 Å². The van der Waals surface area contributed by atoms with Gasteiger partial charge in [-0.15, -0.1) is 11.3 Å². The van der Waals surface area contributed by atoms with E-state index in [9.17, 15) is 5.11 Å². The van der Waals surface area contributed by atoms with E-state index >= 15 is 0 Å². The van der Waals surface area contributed by atoms with Gasteiger partial charge in [0.2, 0.25) is 0 Å². The zero-order chi connectivity index (χ0) is 12.5. The summed E-state index contributed by atoms with van der Waals surface area (Å²) in [5, 5.41) is 10.7. The summed E-state index contributed by atoms with van der Waals surface area (Å²) in [6.45, 7) is 4.61. The highest BCUT2D eigenvalue weighted by Gasteiger charge is 2.34. The van der Waals surface area contributed by atoms with E-state index in [0.717, 1.165) is 36.4 Å². The van der Waals surface area contributed by atoms with Crippen LogP contribution in [0.5, 0.6) is 0 Å².